The average Bonchev–Trinajstić information content (AvgIpc) is 3.44. The molecule has 0 atom stereocenters. The van der Waals surface area contributed by atoms with Gasteiger partial charge >= 0.3 is 6.36 Å². The summed E-state index contributed by atoms with van der Waals surface area (Å²) < 4.78 is 45.1. The van der Waals surface area contributed by atoms with Crippen LogP contribution in [0.5, 0.6) is 5.75 Å². The number of halogens is 3. The molecule has 0 bridgehead atoms. The van der Waals surface area contributed by atoms with Crippen molar-refractivity contribution in [2.75, 3.05) is 4.90 Å². The van der Waals surface area contributed by atoms with Crippen LogP contribution >= 0.6 is 0 Å². The summed E-state index contributed by atoms with van der Waals surface area (Å²) >= 11 is 0. The maximum atomic E-state index is 13.5. The molecule has 238 valence electrons. The number of fused-ring (bicyclic) bond motifs is 6. The Labute approximate surface area is 279 Å². The number of anilines is 3. The minimum absolute atomic E-state index is 0.157. The number of hydrogen-bond acceptors (Lipinski definition) is 2. The highest BCUT2D eigenvalue weighted by atomic mass is 19.4. The van der Waals surface area contributed by atoms with Crippen molar-refractivity contribution in [3.8, 4) is 39.1 Å². The molecule has 0 amide bonds. The van der Waals surface area contributed by atoms with Gasteiger partial charge in [-0.05, 0) is 104 Å². The Balaban J connectivity index is 1.30. The van der Waals surface area contributed by atoms with E-state index in [1.54, 1.807) is 0 Å². The molecule has 5 heteroatoms. The summed E-state index contributed by atoms with van der Waals surface area (Å²) in [7, 11) is 0. The molecule has 8 rings (SSSR count). The van der Waals surface area contributed by atoms with Gasteiger partial charge in [0.15, 0.2) is 0 Å². The van der Waals surface area contributed by atoms with Crippen molar-refractivity contribution >= 4 is 17.1 Å². The highest BCUT2D eigenvalue weighted by Crippen LogP contribution is 2.56. The van der Waals surface area contributed by atoms with Gasteiger partial charge in [-0.3, -0.25) is 0 Å². The standard InChI is InChI=1S/C43H34F3NO/c1-41(2)37-18-12-11-17-32(37)33-21-19-29(23-38(33)41)47(28-15-9-6-10-16-28)30-20-22-34-36-26-31(48-43(44,45)46)25-35(27-13-7-5-8-14-27)40(36)42(3,4)39(34)24-30/h5-26H,1-4H3. The Morgan fingerprint density at radius 3 is 1.65 bits per heavy atom. The normalized spacial score (nSPS) is 14.9. The van der Waals surface area contributed by atoms with Crippen LogP contribution in [0.3, 0.4) is 0 Å². The fraction of sp³-hybridized carbons (Fsp3) is 0.163. The highest BCUT2D eigenvalue weighted by molar-refractivity contribution is 5.92. The van der Waals surface area contributed by atoms with E-state index in [0.29, 0.717) is 0 Å². The molecular formula is C43H34F3NO. The number of hydrogen-bond donors (Lipinski definition) is 0. The average molecular weight is 638 g/mol. The molecule has 0 aliphatic heterocycles. The summed E-state index contributed by atoms with van der Waals surface area (Å²) in [5, 5.41) is 0. The zero-order chi connectivity index (χ0) is 33.4. The number of ether oxygens (including phenoxy) is 1. The second-order valence-electron chi connectivity index (χ2n) is 13.7. The molecule has 2 nitrogen and oxygen atoms in total. The van der Waals surface area contributed by atoms with Crippen molar-refractivity contribution < 1.29 is 17.9 Å². The Bertz CT molecular complexity index is 2200. The van der Waals surface area contributed by atoms with Gasteiger partial charge in [0.05, 0.1) is 0 Å². The SMILES string of the molecule is CC1(C)c2ccccc2-c2ccc(N(c3ccccc3)c3ccc4c(c3)C(C)(C)c3c(-c5ccccc5)cc(OC(F)(F)F)cc3-4)cc21. The molecule has 2 aliphatic carbocycles. The molecule has 0 saturated heterocycles. The molecule has 0 unspecified atom stereocenters. The molecule has 0 spiro atoms. The molecule has 0 saturated carbocycles. The molecule has 0 fully saturated rings. The topological polar surface area (TPSA) is 12.5 Å². The smallest absolute Gasteiger partial charge is 0.406 e. The van der Waals surface area contributed by atoms with Crippen molar-refractivity contribution in [1.29, 1.82) is 0 Å². The summed E-state index contributed by atoms with van der Waals surface area (Å²) in [6.07, 6.45) is -4.80. The molecule has 48 heavy (non-hydrogen) atoms. The first-order valence-electron chi connectivity index (χ1n) is 16.2. The zero-order valence-electron chi connectivity index (χ0n) is 27.2. The van der Waals surface area contributed by atoms with Crippen molar-refractivity contribution in [2.45, 2.75) is 44.9 Å². The van der Waals surface area contributed by atoms with E-state index in [9.17, 15) is 13.2 Å². The fourth-order valence-electron chi connectivity index (χ4n) is 7.95. The van der Waals surface area contributed by atoms with E-state index < -0.39 is 11.8 Å². The number of rotatable bonds is 5. The lowest BCUT2D eigenvalue weighted by Gasteiger charge is -2.30. The lowest BCUT2D eigenvalue weighted by molar-refractivity contribution is -0.274. The first kappa shape index (κ1) is 30.1. The molecule has 0 N–H and O–H groups in total. The summed E-state index contributed by atoms with van der Waals surface area (Å²) in [5.41, 5.74) is 12.8. The van der Waals surface area contributed by atoms with Gasteiger partial charge in [-0.2, -0.15) is 0 Å². The van der Waals surface area contributed by atoms with Crippen LogP contribution in [0.1, 0.15) is 49.9 Å². The second-order valence-corrected chi connectivity index (χ2v) is 13.7. The minimum atomic E-state index is -4.80. The van der Waals surface area contributed by atoms with E-state index >= 15 is 0 Å². The van der Waals surface area contributed by atoms with E-state index in [-0.39, 0.29) is 11.2 Å². The predicted molar refractivity (Wildman–Crippen MR) is 188 cm³/mol. The second kappa shape index (κ2) is 10.6. The molecule has 6 aromatic carbocycles. The third-order valence-corrected chi connectivity index (χ3v) is 10.1. The Kier molecular flexibility index (Phi) is 6.65. The largest absolute Gasteiger partial charge is 0.573 e. The number of nitrogens with zero attached hydrogens (tertiary/aromatic N) is 1. The lowest BCUT2D eigenvalue weighted by Crippen LogP contribution is -2.19. The van der Waals surface area contributed by atoms with Crippen LogP contribution < -0.4 is 9.64 Å². The van der Waals surface area contributed by atoms with Gasteiger partial charge in [0, 0.05) is 27.9 Å². The van der Waals surface area contributed by atoms with Crippen LogP contribution in [-0.4, -0.2) is 6.36 Å². The third kappa shape index (κ3) is 4.71. The number of alkyl halides is 3. The maximum Gasteiger partial charge on any atom is 0.573 e. The van der Waals surface area contributed by atoms with E-state index in [4.69, 9.17) is 0 Å². The van der Waals surface area contributed by atoms with Gasteiger partial charge < -0.3 is 9.64 Å². The van der Waals surface area contributed by atoms with Gasteiger partial charge in [0.25, 0.3) is 0 Å². The minimum Gasteiger partial charge on any atom is -0.406 e. The summed E-state index contributed by atoms with van der Waals surface area (Å²) in [6, 6.07) is 44.6. The van der Waals surface area contributed by atoms with Crippen molar-refractivity contribution in [3.63, 3.8) is 0 Å². The molecule has 0 aromatic heterocycles. The first-order valence-corrected chi connectivity index (χ1v) is 16.2. The molecular weight excluding hydrogens is 603 g/mol. The van der Waals surface area contributed by atoms with Crippen LogP contribution in [0.2, 0.25) is 0 Å². The van der Waals surface area contributed by atoms with Crippen LogP contribution in [-0.2, 0) is 10.8 Å². The Hall–Kier alpha value is -5.29. The third-order valence-electron chi connectivity index (χ3n) is 10.1. The Morgan fingerprint density at radius 2 is 1.00 bits per heavy atom. The monoisotopic (exact) mass is 637 g/mol. The van der Waals surface area contributed by atoms with E-state index in [2.05, 4.69) is 104 Å². The summed E-state index contributed by atoms with van der Waals surface area (Å²) in [5.74, 6) is -0.222. The predicted octanol–water partition coefficient (Wildman–Crippen LogP) is 12.3. The van der Waals surface area contributed by atoms with E-state index in [1.165, 1.54) is 34.4 Å². The Morgan fingerprint density at radius 1 is 0.479 bits per heavy atom. The summed E-state index contributed by atoms with van der Waals surface area (Å²) in [4.78, 5) is 2.27. The lowest BCUT2D eigenvalue weighted by atomic mass is 9.78. The fourth-order valence-corrected chi connectivity index (χ4v) is 7.95. The van der Waals surface area contributed by atoms with Crippen molar-refractivity contribution in [1.82, 2.24) is 0 Å². The maximum absolute atomic E-state index is 13.5. The van der Waals surface area contributed by atoms with Crippen LogP contribution in [0, 0.1) is 0 Å². The van der Waals surface area contributed by atoms with Crippen molar-refractivity contribution in [3.05, 3.63) is 156 Å². The molecule has 2 aliphatic rings. The van der Waals surface area contributed by atoms with Crippen molar-refractivity contribution in [2.24, 2.45) is 0 Å². The molecule has 0 heterocycles. The van der Waals surface area contributed by atoms with Gasteiger partial charge in [-0.15, -0.1) is 13.2 Å². The van der Waals surface area contributed by atoms with E-state index in [0.717, 1.165) is 50.4 Å². The molecule has 6 aromatic rings. The number of benzene rings is 6. The highest BCUT2D eigenvalue weighted by Gasteiger charge is 2.41. The van der Waals surface area contributed by atoms with Crippen LogP contribution in [0.25, 0.3) is 33.4 Å². The first-order chi connectivity index (χ1) is 22.9. The summed E-state index contributed by atoms with van der Waals surface area (Å²) in [6.45, 7) is 8.87. The van der Waals surface area contributed by atoms with Gasteiger partial charge in [0.2, 0.25) is 0 Å². The molecule has 0 radical (unpaired) electrons. The van der Waals surface area contributed by atoms with Crippen LogP contribution in [0.4, 0.5) is 30.2 Å². The number of para-hydroxylation sites is 1. The van der Waals surface area contributed by atoms with Gasteiger partial charge in [0.1, 0.15) is 5.75 Å². The van der Waals surface area contributed by atoms with Gasteiger partial charge in [-0.25, -0.2) is 0 Å². The zero-order valence-corrected chi connectivity index (χ0v) is 27.2. The van der Waals surface area contributed by atoms with Gasteiger partial charge in [-0.1, -0.05) is 113 Å². The van der Waals surface area contributed by atoms with E-state index in [1.807, 2.05) is 54.6 Å². The van der Waals surface area contributed by atoms with Crippen LogP contribution in [0.15, 0.2) is 133 Å². The quantitative estimate of drug-likeness (QED) is 0.186.